The topological polar surface area (TPSA) is 122 Å². The summed E-state index contributed by atoms with van der Waals surface area (Å²) in [6.45, 7) is 0.536. The molecule has 0 aromatic carbocycles. The molecule has 1 unspecified atom stereocenters. The number of carbonyl (C=O) groups is 3. The van der Waals surface area contributed by atoms with Crippen molar-refractivity contribution < 1.29 is 19.5 Å². The molecule has 0 saturated heterocycles. The monoisotopic (exact) mass is 271 g/mol. The summed E-state index contributed by atoms with van der Waals surface area (Å²) in [5.41, 5.74) is 4.92. The zero-order valence-electron chi connectivity index (χ0n) is 10.9. The van der Waals surface area contributed by atoms with Crippen molar-refractivity contribution >= 4 is 17.9 Å². The molecule has 3 amide bonds. The van der Waals surface area contributed by atoms with Gasteiger partial charge in [0.1, 0.15) is 6.04 Å². The summed E-state index contributed by atoms with van der Waals surface area (Å²) in [5, 5.41) is 13.7. The van der Waals surface area contributed by atoms with E-state index in [-0.39, 0.29) is 0 Å². The number of nitrogens with one attached hydrogen (secondary N) is 2. The molecule has 108 valence electrons. The third-order valence-corrected chi connectivity index (χ3v) is 3.28. The molecule has 7 heteroatoms. The van der Waals surface area contributed by atoms with E-state index in [0.29, 0.717) is 12.5 Å². The Balaban J connectivity index is 2.31. The van der Waals surface area contributed by atoms with Gasteiger partial charge in [-0.3, -0.25) is 4.79 Å². The lowest BCUT2D eigenvalue weighted by Crippen LogP contribution is -2.48. The van der Waals surface area contributed by atoms with Crippen LogP contribution in [-0.2, 0) is 9.59 Å². The van der Waals surface area contributed by atoms with Crippen LogP contribution in [0.4, 0.5) is 4.79 Å². The van der Waals surface area contributed by atoms with Crippen LogP contribution in [0.3, 0.4) is 0 Å². The molecule has 1 rings (SSSR count). The Labute approximate surface area is 111 Å². The van der Waals surface area contributed by atoms with E-state index >= 15 is 0 Å². The molecule has 19 heavy (non-hydrogen) atoms. The predicted octanol–water partition coefficient (Wildman–Crippen LogP) is 0.194. The highest BCUT2D eigenvalue weighted by Crippen LogP contribution is 2.22. The van der Waals surface area contributed by atoms with Crippen LogP contribution in [0.2, 0.25) is 0 Å². The number of urea groups is 1. The van der Waals surface area contributed by atoms with Crippen LogP contribution in [0.1, 0.15) is 38.5 Å². The Morgan fingerprint density at radius 2 is 1.84 bits per heavy atom. The van der Waals surface area contributed by atoms with Gasteiger partial charge in [0.25, 0.3) is 0 Å². The van der Waals surface area contributed by atoms with Gasteiger partial charge < -0.3 is 21.5 Å². The van der Waals surface area contributed by atoms with Gasteiger partial charge in [0.2, 0.25) is 5.91 Å². The molecular weight excluding hydrogens is 250 g/mol. The second-order valence-corrected chi connectivity index (χ2v) is 4.92. The number of amides is 3. The molecule has 0 spiro atoms. The second kappa shape index (κ2) is 7.60. The van der Waals surface area contributed by atoms with Gasteiger partial charge in [-0.15, -0.1) is 0 Å². The fourth-order valence-corrected chi connectivity index (χ4v) is 2.24. The molecule has 1 aliphatic carbocycles. The van der Waals surface area contributed by atoms with Crippen molar-refractivity contribution in [1.29, 1.82) is 0 Å². The van der Waals surface area contributed by atoms with Crippen LogP contribution in [0.5, 0.6) is 0 Å². The molecule has 7 nitrogen and oxygen atoms in total. The molecule has 0 heterocycles. The van der Waals surface area contributed by atoms with Gasteiger partial charge >= 0.3 is 12.0 Å². The van der Waals surface area contributed by atoms with E-state index < -0.39 is 30.4 Å². The van der Waals surface area contributed by atoms with Crippen molar-refractivity contribution in [1.82, 2.24) is 10.6 Å². The van der Waals surface area contributed by atoms with E-state index in [9.17, 15) is 14.4 Å². The highest BCUT2D eigenvalue weighted by Gasteiger charge is 2.22. The lowest BCUT2D eigenvalue weighted by Gasteiger charge is -2.22. The fraction of sp³-hybridized carbons (Fsp3) is 0.750. The zero-order chi connectivity index (χ0) is 14.3. The molecule has 1 atom stereocenters. The van der Waals surface area contributed by atoms with Gasteiger partial charge in [-0.05, 0) is 18.8 Å². The maximum Gasteiger partial charge on any atom is 0.326 e. The first kappa shape index (κ1) is 15.3. The summed E-state index contributed by atoms with van der Waals surface area (Å²) < 4.78 is 0. The average Bonchev–Trinajstić information content (AvgIpc) is 2.36. The first-order chi connectivity index (χ1) is 8.99. The summed E-state index contributed by atoms with van der Waals surface area (Å²) in [7, 11) is 0. The molecule has 0 aromatic rings. The minimum atomic E-state index is -1.27. The molecule has 5 N–H and O–H groups in total. The lowest BCUT2D eigenvalue weighted by atomic mass is 9.89. The summed E-state index contributed by atoms with van der Waals surface area (Å²) >= 11 is 0. The number of carboxylic acids is 1. The minimum absolute atomic E-state index is 0.411. The number of carbonyl (C=O) groups excluding carboxylic acids is 2. The van der Waals surface area contributed by atoms with Crippen LogP contribution in [0.15, 0.2) is 0 Å². The Morgan fingerprint density at radius 3 is 2.37 bits per heavy atom. The maximum absolute atomic E-state index is 11.5. The number of primary amides is 1. The predicted molar refractivity (Wildman–Crippen MR) is 68.3 cm³/mol. The first-order valence-corrected chi connectivity index (χ1v) is 6.54. The summed E-state index contributed by atoms with van der Waals surface area (Å²) in [4.78, 5) is 33.1. The SMILES string of the molecule is NC(=O)CC(NC(=O)NCC1CCCCC1)C(=O)O. The van der Waals surface area contributed by atoms with E-state index in [1.807, 2.05) is 0 Å². The quantitative estimate of drug-likeness (QED) is 0.551. The molecule has 1 saturated carbocycles. The van der Waals surface area contributed by atoms with Crippen LogP contribution >= 0.6 is 0 Å². The van der Waals surface area contributed by atoms with E-state index in [1.165, 1.54) is 19.3 Å². The largest absolute Gasteiger partial charge is 0.480 e. The molecule has 1 aliphatic rings. The number of rotatable bonds is 6. The molecule has 0 bridgehead atoms. The summed E-state index contributed by atoms with van der Waals surface area (Å²) in [5.74, 6) is -1.58. The van der Waals surface area contributed by atoms with Gasteiger partial charge in [-0.25, -0.2) is 9.59 Å². The van der Waals surface area contributed by atoms with Crippen molar-refractivity contribution in [3.8, 4) is 0 Å². The second-order valence-electron chi connectivity index (χ2n) is 4.92. The lowest BCUT2D eigenvalue weighted by molar-refractivity contribution is -0.140. The third kappa shape index (κ3) is 6.08. The third-order valence-electron chi connectivity index (χ3n) is 3.28. The minimum Gasteiger partial charge on any atom is -0.480 e. The number of nitrogens with two attached hydrogens (primary N) is 1. The average molecular weight is 271 g/mol. The maximum atomic E-state index is 11.5. The fourth-order valence-electron chi connectivity index (χ4n) is 2.24. The van der Waals surface area contributed by atoms with Gasteiger partial charge in [0, 0.05) is 6.54 Å². The van der Waals surface area contributed by atoms with E-state index in [1.54, 1.807) is 0 Å². The first-order valence-electron chi connectivity index (χ1n) is 6.54. The summed E-state index contributed by atoms with van der Waals surface area (Å²) in [6.07, 6.45) is 5.35. The van der Waals surface area contributed by atoms with Crippen LogP contribution in [-0.4, -0.2) is 35.6 Å². The summed E-state index contributed by atoms with van der Waals surface area (Å²) in [6, 6.07) is -1.84. The van der Waals surface area contributed by atoms with Gasteiger partial charge in [-0.1, -0.05) is 19.3 Å². The molecular formula is C12H21N3O4. The number of hydrogen-bond acceptors (Lipinski definition) is 3. The van der Waals surface area contributed by atoms with E-state index in [2.05, 4.69) is 10.6 Å². The number of carboxylic acid groups (broad SMARTS) is 1. The van der Waals surface area contributed by atoms with Crippen molar-refractivity contribution in [2.45, 2.75) is 44.6 Å². The zero-order valence-corrected chi connectivity index (χ0v) is 10.9. The van der Waals surface area contributed by atoms with Gasteiger partial charge in [0.15, 0.2) is 0 Å². The highest BCUT2D eigenvalue weighted by molar-refractivity contribution is 5.87. The molecule has 0 aliphatic heterocycles. The molecule has 0 radical (unpaired) electrons. The van der Waals surface area contributed by atoms with Crippen molar-refractivity contribution in [3.63, 3.8) is 0 Å². The molecule has 1 fully saturated rings. The Bertz CT molecular complexity index is 340. The van der Waals surface area contributed by atoms with Gasteiger partial charge in [0.05, 0.1) is 6.42 Å². The molecule has 0 aromatic heterocycles. The van der Waals surface area contributed by atoms with Crippen molar-refractivity contribution in [3.05, 3.63) is 0 Å². The van der Waals surface area contributed by atoms with Crippen LogP contribution in [0, 0.1) is 5.92 Å². The Kier molecular flexibility index (Phi) is 6.11. The Morgan fingerprint density at radius 1 is 1.21 bits per heavy atom. The standard InChI is InChI=1S/C12H21N3O4/c13-10(16)6-9(11(17)18)15-12(19)14-7-8-4-2-1-3-5-8/h8-9H,1-7H2,(H2,13,16)(H,17,18)(H2,14,15,19). The van der Waals surface area contributed by atoms with Gasteiger partial charge in [-0.2, -0.15) is 0 Å². The van der Waals surface area contributed by atoms with Crippen molar-refractivity contribution in [2.75, 3.05) is 6.54 Å². The van der Waals surface area contributed by atoms with Crippen LogP contribution in [0.25, 0.3) is 0 Å². The van der Waals surface area contributed by atoms with Crippen molar-refractivity contribution in [2.24, 2.45) is 11.7 Å². The Hall–Kier alpha value is -1.79. The van der Waals surface area contributed by atoms with Crippen LogP contribution < -0.4 is 16.4 Å². The van der Waals surface area contributed by atoms with E-state index in [0.717, 1.165) is 12.8 Å². The van der Waals surface area contributed by atoms with E-state index in [4.69, 9.17) is 10.8 Å². The smallest absolute Gasteiger partial charge is 0.326 e. The number of aliphatic carboxylic acids is 1. The highest BCUT2D eigenvalue weighted by atomic mass is 16.4. The number of hydrogen-bond donors (Lipinski definition) is 4. The normalized spacial score (nSPS) is 17.5.